The number of morpholine rings is 1. The predicted octanol–water partition coefficient (Wildman–Crippen LogP) is 2.06. The summed E-state index contributed by atoms with van der Waals surface area (Å²) in [6.07, 6.45) is 0.0413. The lowest BCUT2D eigenvalue weighted by atomic mass is 10.0. The minimum absolute atomic E-state index is 0.0241. The number of hydrogen-bond donors (Lipinski definition) is 1. The van der Waals surface area contributed by atoms with E-state index in [-0.39, 0.29) is 24.3 Å². The van der Waals surface area contributed by atoms with Crippen LogP contribution in [0, 0.1) is 5.82 Å². The fraction of sp³-hybridized carbons (Fsp3) is 0.500. The van der Waals surface area contributed by atoms with Crippen molar-refractivity contribution in [1.82, 2.24) is 4.90 Å². The Kier molecular flexibility index (Phi) is 4.50. The average molecular weight is 267 g/mol. The number of benzene rings is 1. The minimum Gasteiger partial charge on any atom is -0.481 e. The first-order valence-electron chi connectivity index (χ1n) is 6.38. The lowest BCUT2D eigenvalue weighted by Crippen LogP contribution is -2.47. The molecule has 0 spiro atoms. The van der Waals surface area contributed by atoms with E-state index in [0.717, 1.165) is 5.56 Å². The van der Waals surface area contributed by atoms with Crippen molar-refractivity contribution < 1.29 is 19.0 Å². The third-order valence-electron chi connectivity index (χ3n) is 3.51. The molecule has 0 saturated carbocycles. The maximum Gasteiger partial charge on any atom is 0.305 e. The van der Waals surface area contributed by atoms with Crippen molar-refractivity contribution in [2.24, 2.45) is 0 Å². The van der Waals surface area contributed by atoms with E-state index in [1.807, 2.05) is 13.0 Å². The summed E-state index contributed by atoms with van der Waals surface area (Å²) < 4.78 is 18.6. The first-order chi connectivity index (χ1) is 9.08. The lowest BCUT2D eigenvalue weighted by molar-refractivity contribution is -0.140. The summed E-state index contributed by atoms with van der Waals surface area (Å²) in [7, 11) is 0. The zero-order valence-corrected chi connectivity index (χ0v) is 10.9. The molecule has 1 aliphatic rings. The van der Waals surface area contributed by atoms with Crippen LogP contribution < -0.4 is 0 Å². The van der Waals surface area contributed by atoms with Crippen molar-refractivity contribution in [1.29, 1.82) is 0 Å². The van der Waals surface area contributed by atoms with Gasteiger partial charge in [-0.3, -0.25) is 9.69 Å². The molecule has 2 atom stereocenters. The number of halogens is 1. The van der Waals surface area contributed by atoms with E-state index >= 15 is 0 Å². The third kappa shape index (κ3) is 3.52. The highest BCUT2D eigenvalue weighted by atomic mass is 19.1. The van der Waals surface area contributed by atoms with Crippen LogP contribution in [0.1, 0.15) is 24.9 Å². The number of aliphatic carboxylic acids is 1. The van der Waals surface area contributed by atoms with E-state index in [0.29, 0.717) is 19.8 Å². The maximum atomic E-state index is 13.3. The molecule has 4 nitrogen and oxygen atoms in total. The molecule has 0 aromatic heterocycles. The Morgan fingerprint density at radius 3 is 3.11 bits per heavy atom. The van der Waals surface area contributed by atoms with E-state index in [4.69, 9.17) is 9.84 Å². The molecule has 0 bridgehead atoms. The molecule has 2 unspecified atom stereocenters. The molecular weight excluding hydrogens is 249 g/mol. The summed E-state index contributed by atoms with van der Waals surface area (Å²) in [5.74, 6) is -1.11. The van der Waals surface area contributed by atoms with Crippen LogP contribution in [0.2, 0.25) is 0 Å². The van der Waals surface area contributed by atoms with E-state index < -0.39 is 5.97 Å². The van der Waals surface area contributed by atoms with Crippen LogP contribution >= 0.6 is 0 Å². The molecule has 1 heterocycles. The highest BCUT2D eigenvalue weighted by Crippen LogP contribution is 2.26. The fourth-order valence-electron chi connectivity index (χ4n) is 2.51. The summed E-state index contributed by atoms with van der Waals surface area (Å²) in [6, 6.07) is 6.25. The molecule has 1 aromatic carbocycles. The summed E-state index contributed by atoms with van der Waals surface area (Å²) in [5.41, 5.74) is 0.859. The van der Waals surface area contributed by atoms with Gasteiger partial charge in [0, 0.05) is 18.6 Å². The van der Waals surface area contributed by atoms with Gasteiger partial charge in [-0.15, -0.1) is 0 Å². The Morgan fingerprint density at radius 1 is 1.63 bits per heavy atom. The molecule has 104 valence electrons. The number of carboxylic acid groups (broad SMARTS) is 1. The SMILES string of the molecule is CC(c1cccc(F)c1)N1CCOCC1CC(=O)O. The van der Waals surface area contributed by atoms with Gasteiger partial charge < -0.3 is 9.84 Å². The molecule has 1 saturated heterocycles. The average Bonchev–Trinajstić information content (AvgIpc) is 2.38. The van der Waals surface area contributed by atoms with Crippen LogP contribution in [0.5, 0.6) is 0 Å². The summed E-state index contributed by atoms with van der Waals surface area (Å²) in [4.78, 5) is 13.0. The lowest BCUT2D eigenvalue weighted by Gasteiger charge is -2.39. The van der Waals surface area contributed by atoms with Crippen molar-refractivity contribution in [3.05, 3.63) is 35.6 Å². The van der Waals surface area contributed by atoms with Crippen LogP contribution in [0.4, 0.5) is 4.39 Å². The highest BCUT2D eigenvalue weighted by Gasteiger charge is 2.29. The van der Waals surface area contributed by atoms with Gasteiger partial charge in [0.05, 0.1) is 19.6 Å². The van der Waals surface area contributed by atoms with Crippen molar-refractivity contribution in [3.63, 3.8) is 0 Å². The molecule has 0 radical (unpaired) electrons. The second-order valence-electron chi connectivity index (χ2n) is 4.80. The normalized spacial score (nSPS) is 22.1. The van der Waals surface area contributed by atoms with Crippen molar-refractivity contribution in [2.45, 2.75) is 25.4 Å². The first-order valence-corrected chi connectivity index (χ1v) is 6.38. The van der Waals surface area contributed by atoms with Gasteiger partial charge in [0.25, 0.3) is 0 Å². The van der Waals surface area contributed by atoms with Crippen LogP contribution in [0.15, 0.2) is 24.3 Å². The smallest absolute Gasteiger partial charge is 0.305 e. The Hall–Kier alpha value is -1.46. The Labute approximate surface area is 111 Å². The van der Waals surface area contributed by atoms with E-state index in [1.165, 1.54) is 12.1 Å². The Bertz CT molecular complexity index is 452. The predicted molar refractivity (Wildman–Crippen MR) is 68.4 cm³/mol. The molecule has 0 aliphatic carbocycles. The molecule has 2 rings (SSSR count). The zero-order chi connectivity index (χ0) is 13.8. The minimum atomic E-state index is -0.841. The second kappa shape index (κ2) is 6.12. The topological polar surface area (TPSA) is 49.8 Å². The monoisotopic (exact) mass is 267 g/mol. The molecule has 5 heteroatoms. The molecule has 1 N–H and O–H groups in total. The number of hydrogen-bond acceptors (Lipinski definition) is 3. The standard InChI is InChI=1S/C14H18FNO3/c1-10(11-3-2-4-12(15)7-11)16-5-6-19-9-13(16)8-14(17)18/h2-4,7,10,13H,5-6,8-9H2,1H3,(H,17,18). The van der Waals surface area contributed by atoms with Crippen LogP contribution in [-0.4, -0.2) is 41.8 Å². The van der Waals surface area contributed by atoms with Crippen molar-refractivity contribution >= 4 is 5.97 Å². The van der Waals surface area contributed by atoms with Gasteiger partial charge in [0.1, 0.15) is 5.82 Å². The molecule has 0 amide bonds. The third-order valence-corrected chi connectivity index (χ3v) is 3.51. The summed E-state index contributed by atoms with van der Waals surface area (Å²) >= 11 is 0. The second-order valence-corrected chi connectivity index (χ2v) is 4.80. The summed E-state index contributed by atoms with van der Waals surface area (Å²) in [6.45, 7) is 3.62. The number of carbonyl (C=O) groups is 1. The van der Waals surface area contributed by atoms with E-state index in [2.05, 4.69) is 4.90 Å². The molecule has 1 aliphatic heterocycles. The van der Waals surface area contributed by atoms with Gasteiger partial charge >= 0.3 is 5.97 Å². The number of nitrogens with zero attached hydrogens (tertiary/aromatic N) is 1. The highest BCUT2D eigenvalue weighted by molar-refractivity contribution is 5.67. The Morgan fingerprint density at radius 2 is 2.42 bits per heavy atom. The van der Waals surface area contributed by atoms with Gasteiger partial charge in [-0.1, -0.05) is 12.1 Å². The van der Waals surface area contributed by atoms with Crippen LogP contribution in [0.25, 0.3) is 0 Å². The number of carboxylic acids is 1. The van der Waals surface area contributed by atoms with Gasteiger partial charge in [0.2, 0.25) is 0 Å². The molecule has 1 aromatic rings. The largest absolute Gasteiger partial charge is 0.481 e. The van der Waals surface area contributed by atoms with Gasteiger partial charge in [-0.25, -0.2) is 4.39 Å². The van der Waals surface area contributed by atoms with Gasteiger partial charge in [-0.05, 0) is 24.6 Å². The zero-order valence-electron chi connectivity index (χ0n) is 10.9. The van der Waals surface area contributed by atoms with Gasteiger partial charge in [0.15, 0.2) is 0 Å². The summed E-state index contributed by atoms with van der Waals surface area (Å²) in [5, 5.41) is 8.94. The molecule has 1 fully saturated rings. The number of ether oxygens (including phenoxy) is 1. The molecular formula is C14H18FNO3. The quantitative estimate of drug-likeness (QED) is 0.907. The van der Waals surface area contributed by atoms with Crippen molar-refractivity contribution in [2.75, 3.05) is 19.8 Å². The van der Waals surface area contributed by atoms with Crippen LogP contribution in [0.3, 0.4) is 0 Å². The van der Waals surface area contributed by atoms with Crippen LogP contribution in [-0.2, 0) is 9.53 Å². The fourth-order valence-corrected chi connectivity index (χ4v) is 2.51. The van der Waals surface area contributed by atoms with E-state index in [1.54, 1.807) is 6.07 Å². The van der Waals surface area contributed by atoms with Gasteiger partial charge in [-0.2, -0.15) is 0 Å². The first kappa shape index (κ1) is 14.0. The molecule has 19 heavy (non-hydrogen) atoms. The Balaban J connectivity index is 2.14. The van der Waals surface area contributed by atoms with E-state index in [9.17, 15) is 9.18 Å². The maximum absolute atomic E-state index is 13.3. The van der Waals surface area contributed by atoms with Crippen molar-refractivity contribution in [3.8, 4) is 0 Å². The number of rotatable bonds is 4.